The Morgan fingerprint density at radius 1 is 1.35 bits per heavy atom. The molecular formula is C14H24N2O. The number of nitriles is 1. The molecule has 0 aromatic carbocycles. The van der Waals surface area contributed by atoms with Gasteiger partial charge in [-0.15, -0.1) is 0 Å². The van der Waals surface area contributed by atoms with Crippen LogP contribution in [-0.2, 0) is 4.79 Å². The Balaban J connectivity index is 2.77. The Labute approximate surface area is 105 Å². The van der Waals surface area contributed by atoms with Crippen LogP contribution in [0.3, 0.4) is 0 Å². The normalized spacial score (nSPS) is 21.8. The maximum atomic E-state index is 12.5. The largest absolute Gasteiger partial charge is 0.341 e. The number of hydrogen-bond donors (Lipinski definition) is 0. The lowest BCUT2D eigenvalue weighted by Crippen LogP contribution is -2.43. The van der Waals surface area contributed by atoms with Gasteiger partial charge in [0.05, 0.1) is 6.07 Å². The van der Waals surface area contributed by atoms with E-state index >= 15 is 0 Å². The summed E-state index contributed by atoms with van der Waals surface area (Å²) in [5, 5.41) is 9.30. The summed E-state index contributed by atoms with van der Waals surface area (Å²) in [6, 6.07) is 2.25. The Bertz CT molecular complexity index is 302. The van der Waals surface area contributed by atoms with Gasteiger partial charge in [0.1, 0.15) is 5.41 Å². The SMILES string of the molecule is CCC(C#N)(CC)C(=O)N1CCCC(C)CC1. The van der Waals surface area contributed by atoms with Crippen molar-refractivity contribution < 1.29 is 4.79 Å². The van der Waals surface area contributed by atoms with Gasteiger partial charge >= 0.3 is 0 Å². The van der Waals surface area contributed by atoms with E-state index in [2.05, 4.69) is 13.0 Å². The molecule has 0 aromatic rings. The van der Waals surface area contributed by atoms with E-state index < -0.39 is 5.41 Å². The third-order valence-corrected chi connectivity index (χ3v) is 4.13. The second-order valence-corrected chi connectivity index (χ2v) is 5.23. The number of carbonyl (C=O) groups excluding carboxylic acids is 1. The number of hydrogen-bond acceptors (Lipinski definition) is 2. The molecule has 1 rings (SSSR count). The zero-order valence-electron chi connectivity index (χ0n) is 11.3. The quantitative estimate of drug-likeness (QED) is 0.756. The summed E-state index contributed by atoms with van der Waals surface area (Å²) in [5.74, 6) is 0.756. The van der Waals surface area contributed by atoms with Crippen LogP contribution < -0.4 is 0 Å². The molecule has 1 unspecified atom stereocenters. The molecule has 1 aliphatic rings. The first-order valence-corrected chi connectivity index (χ1v) is 6.80. The number of nitrogens with zero attached hydrogens (tertiary/aromatic N) is 2. The molecule has 3 heteroatoms. The molecule has 17 heavy (non-hydrogen) atoms. The number of carbonyl (C=O) groups is 1. The van der Waals surface area contributed by atoms with Gasteiger partial charge in [0.15, 0.2) is 0 Å². The lowest BCUT2D eigenvalue weighted by atomic mass is 9.82. The smallest absolute Gasteiger partial charge is 0.243 e. The van der Waals surface area contributed by atoms with Gasteiger partial charge in [-0.05, 0) is 38.0 Å². The first kappa shape index (κ1) is 14.0. The Morgan fingerprint density at radius 2 is 2.00 bits per heavy atom. The minimum absolute atomic E-state index is 0.0547. The standard InChI is InChI=1S/C14H24N2O/c1-4-14(5-2,11-15)13(17)16-9-6-7-12(3)8-10-16/h12H,4-10H2,1-3H3. The first-order chi connectivity index (χ1) is 8.09. The van der Waals surface area contributed by atoms with Gasteiger partial charge in [-0.1, -0.05) is 20.8 Å². The first-order valence-electron chi connectivity index (χ1n) is 6.80. The third-order valence-electron chi connectivity index (χ3n) is 4.13. The molecule has 0 bridgehead atoms. The van der Waals surface area contributed by atoms with Gasteiger partial charge in [-0.25, -0.2) is 0 Å². The lowest BCUT2D eigenvalue weighted by molar-refractivity contribution is -0.139. The van der Waals surface area contributed by atoms with Crippen molar-refractivity contribution in [3.8, 4) is 6.07 Å². The van der Waals surface area contributed by atoms with Gasteiger partial charge in [-0.2, -0.15) is 5.26 Å². The molecule has 1 atom stereocenters. The van der Waals surface area contributed by atoms with Crippen LogP contribution in [0.25, 0.3) is 0 Å². The Kier molecular flexibility index (Phi) is 4.99. The van der Waals surface area contributed by atoms with E-state index in [4.69, 9.17) is 0 Å². The Hall–Kier alpha value is -1.04. The summed E-state index contributed by atoms with van der Waals surface area (Å²) in [7, 11) is 0. The average molecular weight is 236 g/mol. The van der Waals surface area contributed by atoms with Crippen LogP contribution >= 0.6 is 0 Å². The summed E-state index contributed by atoms with van der Waals surface area (Å²) < 4.78 is 0. The van der Waals surface area contributed by atoms with Crippen LogP contribution in [0.1, 0.15) is 52.9 Å². The molecule has 0 aliphatic carbocycles. The maximum absolute atomic E-state index is 12.5. The van der Waals surface area contributed by atoms with Crippen molar-refractivity contribution in [2.75, 3.05) is 13.1 Å². The van der Waals surface area contributed by atoms with Crippen LogP contribution in [0.5, 0.6) is 0 Å². The summed E-state index contributed by atoms with van der Waals surface area (Å²) in [5.41, 5.74) is -0.784. The van der Waals surface area contributed by atoms with Crippen LogP contribution in [0.2, 0.25) is 0 Å². The van der Waals surface area contributed by atoms with E-state index in [-0.39, 0.29) is 5.91 Å². The van der Waals surface area contributed by atoms with E-state index in [0.717, 1.165) is 25.9 Å². The number of likely N-dealkylation sites (tertiary alicyclic amines) is 1. The molecule has 1 fully saturated rings. The summed E-state index contributed by atoms with van der Waals surface area (Å²) in [6.45, 7) is 7.76. The zero-order chi connectivity index (χ0) is 12.9. The fraction of sp³-hybridized carbons (Fsp3) is 0.857. The van der Waals surface area contributed by atoms with Gasteiger partial charge < -0.3 is 4.90 Å². The second-order valence-electron chi connectivity index (χ2n) is 5.23. The monoisotopic (exact) mass is 236 g/mol. The zero-order valence-corrected chi connectivity index (χ0v) is 11.3. The minimum Gasteiger partial charge on any atom is -0.341 e. The molecule has 0 aromatic heterocycles. The van der Waals surface area contributed by atoms with Crippen molar-refractivity contribution in [3.63, 3.8) is 0 Å². The second kappa shape index (κ2) is 6.05. The van der Waals surface area contributed by atoms with Crippen LogP contribution in [0.15, 0.2) is 0 Å². The van der Waals surface area contributed by atoms with Crippen LogP contribution in [-0.4, -0.2) is 23.9 Å². The summed E-state index contributed by atoms with van der Waals surface area (Å²) in [4.78, 5) is 14.4. The number of rotatable bonds is 3. The summed E-state index contributed by atoms with van der Waals surface area (Å²) >= 11 is 0. The van der Waals surface area contributed by atoms with E-state index in [1.165, 1.54) is 6.42 Å². The minimum atomic E-state index is -0.784. The highest BCUT2D eigenvalue weighted by Crippen LogP contribution is 2.29. The van der Waals surface area contributed by atoms with Crippen molar-refractivity contribution in [2.45, 2.75) is 52.9 Å². The fourth-order valence-electron chi connectivity index (χ4n) is 2.53. The topological polar surface area (TPSA) is 44.1 Å². The van der Waals surface area contributed by atoms with Gasteiger partial charge in [0, 0.05) is 13.1 Å². The van der Waals surface area contributed by atoms with Crippen molar-refractivity contribution in [2.24, 2.45) is 11.3 Å². The molecule has 1 heterocycles. The van der Waals surface area contributed by atoms with Crippen LogP contribution in [0.4, 0.5) is 0 Å². The van der Waals surface area contributed by atoms with Crippen molar-refractivity contribution >= 4 is 5.91 Å². The third kappa shape index (κ3) is 3.00. The lowest BCUT2D eigenvalue weighted by Gasteiger charge is -2.30. The predicted octanol–water partition coefficient (Wildman–Crippen LogP) is 2.96. The van der Waals surface area contributed by atoms with E-state index in [0.29, 0.717) is 18.8 Å². The predicted molar refractivity (Wildman–Crippen MR) is 68.2 cm³/mol. The molecule has 0 spiro atoms. The van der Waals surface area contributed by atoms with Crippen molar-refractivity contribution in [1.29, 1.82) is 5.26 Å². The fourth-order valence-corrected chi connectivity index (χ4v) is 2.53. The molecule has 0 radical (unpaired) electrons. The molecule has 3 nitrogen and oxygen atoms in total. The highest BCUT2D eigenvalue weighted by Gasteiger charge is 2.38. The van der Waals surface area contributed by atoms with Gasteiger partial charge in [0.25, 0.3) is 0 Å². The molecule has 1 saturated heterocycles. The van der Waals surface area contributed by atoms with Crippen molar-refractivity contribution in [1.82, 2.24) is 4.90 Å². The summed E-state index contributed by atoms with van der Waals surface area (Å²) in [6.07, 6.45) is 4.57. The van der Waals surface area contributed by atoms with E-state index in [1.54, 1.807) is 0 Å². The molecular weight excluding hydrogens is 212 g/mol. The molecule has 0 N–H and O–H groups in total. The van der Waals surface area contributed by atoms with Crippen molar-refractivity contribution in [3.05, 3.63) is 0 Å². The highest BCUT2D eigenvalue weighted by atomic mass is 16.2. The van der Waals surface area contributed by atoms with Gasteiger partial charge in [-0.3, -0.25) is 4.79 Å². The molecule has 1 aliphatic heterocycles. The number of amides is 1. The molecule has 0 saturated carbocycles. The van der Waals surface area contributed by atoms with Crippen LogP contribution in [0, 0.1) is 22.7 Å². The molecule has 96 valence electrons. The molecule has 1 amide bonds. The highest BCUT2D eigenvalue weighted by molar-refractivity contribution is 5.85. The van der Waals surface area contributed by atoms with E-state index in [1.807, 2.05) is 18.7 Å². The van der Waals surface area contributed by atoms with Gasteiger partial charge in [0.2, 0.25) is 5.91 Å². The maximum Gasteiger partial charge on any atom is 0.243 e. The van der Waals surface area contributed by atoms with E-state index in [9.17, 15) is 10.1 Å². The Morgan fingerprint density at radius 3 is 2.53 bits per heavy atom. The average Bonchev–Trinajstić information content (AvgIpc) is 2.57.